The van der Waals surface area contributed by atoms with Crippen molar-refractivity contribution in [3.63, 3.8) is 0 Å². The van der Waals surface area contributed by atoms with Crippen molar-refractivity contribution >= 4 is 21.5 Å². The van der Waals surface area contributed by atoms with Crippen molar-refractivity contribution in [2.24, 2.45) is 7.05 Å². The highest BCUT2D eigenvalue weighted by Crippen LogP contribution is 2.32. The Bertz CT molecular complexity index is 1090. The van der Waals surface area contributed by atoms with Gasteiger partial charge in [0.15, 0.2) is 7.05 Å². The Kier molecular flexibility index (Phi) is 3.34. The molecule has 0 saturated heterocycles. The van der Waals surface area contributed by atoms with Crippen molar-refractivity contribution in [2.45, 2.75) is 20.8 Å². The van der Waals surface area contributed by atoms with Crippen LogP contribution in [0.4, 0.5) is 0 Å². The number of aromatic nitrogens is 2. The summed E-state index contributed by atoms with van der Waals surface area (Å²) in [4.78, 5) is 0. The van der Waals surface area contributed by atoms with Crippen LogP contribution in [-0.4, -0.2) is 5.10 Å². The van der Waals surface area contributed by atoms with Crippen LogP contribution in [0, 0.1) is 20.8 Å². The molecule has 0 aliphatic heterocycles. The Morgan fingerprint density at radius 1 is 0.792 bits per heavy atom. The van der Waals surface area contributed by atoms with Gasteiger partial charge in [-0.15, -0.1) is 0 Å². The second kappa shape index (κ2) is 5.41. The Hall–Kier alpha value is -2.74. The van der Waals surface area contributed by atoms with Gasteiger partial charge in [0.2, 0.25) is 5.69 Å². The fourth-order valence-electron chi connectivity index (χ4n) is 3.57. The van der Waals surface area contributed by atoms with Crippen molar-refractivity contribution < 1.29 is 4.68 Å². The average Bonchev–Trinajstić information content (AvgIpc) is 2.57. The van der Waals surface area contributed by atoms with Crippen LogP contribution in [0.15, 0.2) is 54.6 Å². The first-order chi connectivity index (χ1) is 11.6. The lowest BCUT2D eigenvalue weighted by Gasteiger charge is -2.11. The topological polar surface area (TPSA) is 16.8 Å². The molecular formula is C22H21N2+. The van der Waals surface area contributed by atoms with Gasteiger partial charge >= 0.3 is 0 Å². The Labute approximate surface area is 142 Å². The first-order valence-corrected chi connectivity index (χ1v) is 8.32. The molecular weight excluding hydrogens is 292 g/mol. The summed E-state index contributed by atoms with van der Waals surface area (Å²) in [7, 11) is 2.04. The van der Waals surface area contributed by atoms with Gasteiger partial charge in [-0.25, -0.2) is 0 Å². The molecule has 2 heteroatoms. The fourth-order valence-corrected chi connectivity index (χ4v) is 3.57. The molecule has 4 rings (SSSR count). The lowest BCUT2D eigenvalue weighted by atomic mass is 9.95. The molecule has 24 heavy (non-hydrogen) atoms. The lowest BCUT2D eigenvalue weighted by Crippen LogP contribution is -2.36. The van der Waals surface area contributed by atoms with Gasteiger partial charge in [-0.05, 0) is 66.0 Å². The second-order valence-electron chi connectivity index (χ2n) is 6.55. The number of hydrogen-bond donors (Lipinski definition) is 0. The molecule has 118 valence electrons. The van der Waals surface area contributed by atoms with Gasteiger partial charge in [0, 0.05) is 5.39 Å². The first-order valence-electron chi connectivity index (χ1n) is 8.32. The summed E-state index contributed by atoms with van der Waals surface area (Å²) >= 11 is 0. The molecule has 0 fully saturated rings. The second-order valence-corrected chi connectivity index (χ2v) is 6.55. The van der Waals surface area contributed by atoms with Crippen LogP contribution >= 0.6 is 0 Å². The number of benzene rings is 3. The molecule has 1 heterocycles. The minimum Gasteiger partial charge on any atom is -0.0855 e. The Morgan fingerprint density at radius 3 is 2.17 bits per heavy atom. The highest BCUT2D eigenvalue weighted by Gasteiger charge is 2.21. The summed E-state index contributed by atoms with van der Waals surface area (Å²) in [6, 6.07) is 19.6. The van der Waals surface area contributed by atoms with E-state index >= 15 is 0 Å². The number of hydrogen-bond acceptors (Lipinski definition) is 1. The summed E-state index contributed by atoms with van der Waals surface area (Å²) in [5.41, 5.74) is 6.12. The average molecular weight is 313 g/mol. The van der Waals surface area contributed by atoms with Gasteiger partial charge in [0.05, 0.1) is 10.9 Å². The zero-order chi connectivity index (χ0) is 16.8. The third-order valence-electron chi connectivity index (χ3n) is 5.01. The molecule has 0 bridgehead atoms. The zero-order valence-electron chi connectivity index (χ0n) is 14.6. The number of nitrogens with zero attached hydrogens (tertiary/aromatic N) is 2. The maximum Gasteiger partial charge on any atom is 0.247 e. The lowest BCUT2D eigenvalue weighted by molar-refractivity contribution is -0.719. The summed E-state index contributed by atoms with van der Waals surface area (Å²) < 4.78 is 2.02. The number of rotatable bonds is 1. The third kappa shape index (κ3) is 2.18. The van der Waals surface area contributed by atoms with Crippen LogP contribution in [0.25, 0.3) is 32.8 Å². The van der Waals surface area contributed by atoms with Crippen molar-refractivity contribution in [3.05, 3.63) is 71.4 Å². The predicted molar refractivity (Wildman–Crippen MR) is 100 cm³/mol. The van der Waals surface area contributed by atoms with Crippen molar-refractivity contribution in [3.8, 4) is 11.3 Å². The van der Waals surface area contributed by atoms with E-state index in [0.717, 1.165) is 5.69 Å². The highest BCUT2D eigenvalue weighted by atomic mass is 15.3. The molecule has 0 spiro atoms. The van der Waals surface area contributed by atoms with E-state index in [9.17, 15) is 0 Å². The Balaban J connectivity index is 2.19. The molecule has 0 aliphatic rings. The fraction of sp³-hybridized carbons (Fsp3) is 0.182. The van der Waals surface area contributed by atoms with Crippen molar-refractivity contribution in [1.29, 1.82) is 0 Å². The minimum absolute atomic E-state index is 1.06. The van der Waals surface area contributed by atoms with Gasteiger partial charge in [0.25, 0.3) is 0 Å². The van der Waals surface area contributed by atoms with Crippen LogP contribution < -0.4 is 4.68 Å². The number of aryl methyl sites for hydroxylation is 3. The normalized spacial score (nSPS) is 11.3. The van der Waals surface area contributed by atoms with Gasteiger partial charge < -0.3 is 0 Å². The zero-order valence-corrected chi connectivity index (χ0v) is 14.6. The van der Waals surface area contributed by atoms with E-state index in [1.807, 2.05) is 11.7 Å². The summed E-state index contributed by atoms with van der Waals surface area (Å²) in [6.07, 6.45) is 0. The van der Waals surface area contributed by atoms with Crippen molar-refractivity contribution in [2.75, 3.05) is 0 Å². The molecule has 2 nitrogen and oxygen atoms in total. The monoisotopic (exact) mass is 313 g/mol. The van der Waals surface area contributed by atoms with Gasteiger partial charge in [-0.2, -0.15) is 0 Å². The van der Waals surface area contributed by atoms with E-state index in [1.54, 1.807) is 0 Å². The van der Waals surface area contributed by atoms with Crippen LogP contribution in [-0.2, 0) is 7.05 Å². The molecule has 0 aliphatic carbocycles. The van der Waals surface area contributed by atoms with E-state index < -0.39 is 0 Å². The molecule has 0 radical (unpaired) electrons. The summed E-state index contributed by atoms with van der Waals surface area (Å²) in [6.45, 7) is 6.44. The van der Waals surface area contributed by atoms with Gasteiger partial charge in [0.1, 0.15) is 5.69 Å². The molecule has 0 saturated carbocycles. The molecule has 0 amide bonds. The van der Waals surface area contributed by atoms with Crippen LogP contribution in [0.3, 0.4) is 0 Å². The maximum absolute atomic E-state index is 4.77. The van der Waals surface area contributed by atoms with Gasteiger partial charge in [-0.1, -0.05) is 41.1 Å². The molecule has 0 N–H and O–H groups in total. The van der Waals surface area contributed by atoms with E-state index in [0.29, 0.717) is 0 Å². The van der Waals surface area contributed by atoms with Crippen LogP contribution in [0.1, 0.15) is 16.8 Å². The van der Waals surface area contributed by atoms with E-state index in [4.69, 9.17) is 5.10 Å². The first kappa shape index (κ1) is 14.8. The Morgan fingerprint density at radius 2 is 1.46 bits per heavy atom. The molecule has 4 aromatic rings. The maximum atomic E-state index is 4.77. The van der Waals surface area contributed by atoms with E-state index in [1.165, 1.54) is 43.9 Å². The van der Waals surface area contributed by atoms with E-state index in [-0.39, 0.29) is 0 Å². The van der Waals surface area contributed by atoms with Gasteiger partial charge in [-0.3, -0.25) is 0 Å². The largest absolute Gasteiger partial charge is 0.247 e. The van der Waals surface area contributed by atoms with E-state index in [2.05, 4.69) is 75.4 Å². The standard InChI is InChI=1S/C22H21N2/c1-14-8-7-11-19(15(14)2)22-21-13-18-10-6-5-9-17(18)12-20(21)16(3)23-24(22)4/h5-13H,1-4H3/q+1. The highest BCUT2D eigenvalue weighted by molar-refractivity contribution is 6.04. The summed E-state index contributed by atoms with van der Waals surface area (Å²) in [5.74, 6) is 0. The molecule has 1 aromatic heterocycles. The summed E-state index contributed by atoms with van der Waals surface area (Å²) in [5, 5.41) is 9.78. The predicted octanol–water partition coefficient (Wildman–Crippen LogP) is 4.80. The third-order valence-corrected chi connectivity index (χ3v) is 5.01. The van der Waals surface area contributed by atoms with Crippen LogP contribution in [0.2, 0.25) is 0 Å². The smallest absolute Gasteiger partial charge is 0.0855 e. The van der Waals surface area contributed by atoms with Crippen molar-refractivity contribution in [1.82, 2.24) is 5.10 Å². The molecule has 0 unspecified atom stereocenters. The number of fused-ring (bicyclic) bond motifs is 2. The molecule has 0 atom stereocenters. The SMILES string of the molecule is Cc1cccc(-c2c3cc4ccccc4cc3c(C)n[n+]2C)c1C. The molecule has 3 aromatic carbocycles. The quantitative estimate of drug-likeness (QED) is 0.364. The van der Waals surface area contributed by atoms with Crippen LogP contribution in [0.5, 0.6) is 0 Å². The minimum atomic E-state index is 1.06.